The first-order valence-electron chi connectivity index (χ1n) is 9.79. The molecule has 30 heavy (non-hydrogen) atoms. The van der Waals surface area contributed by atoms with Crippen molar-refractivity contribution in [2.75, 3.05) is 7.11 Å². The number of amides is 1. The van der Waals surface area contributed by atoms with Crippen LogP contribution in [-0.2, 0) is 27.4 Å². The summed E-state index contributed by atoms with van der Waals surface area (Å²) in [6.45, 7) is 9.51. The van der Waals surface area contributed by atoms with Crippen LogP contribution >= 0.6 is 0 Å². The molecule has 0 radical (unpaired) electrons. The second kappa shape index (κ2) is 10.2. The smallest absolute Gasteiger partial charge is 0.408 e. The summed E-state index contributed by atoms with van der Waals surface area (Å²) in [7, 11) is 1.27. The number of nitrogens with zero attached hydrogens (tertiary/aromatic N) is 1. The number of hydrogen-bond donors (Lipinski definition) is 1. The second-order valence-corrected chi connectivity index (χ2v) is 8.16. The average Bonchev–Trinajstić information content (AvgIpc) is 3.08. The highest BCUT2D eigenvalue weighted by Gasteiger charge is 2.30. The molecule has 0 saturated heterocycles. The van der Waals surface area contributed by atoms with E-state index in [-0.39, 0.29) is 29.9 Å². The molecule has 1 aromatic carbocycles. The van der Waals surface area contributed by atoms with Crippen LogP contribution in [0.15, 0.2) is 34.7 Å². The molecule has 2 aromatic rings. The molecule has 0 fully saturated rings. The van der Waals surface area contributed by atoms with Gasteiger partial charge in [-0.2, -0.15) is 0 Å². The van der Waals surface area contributed by atoms with Crippen molar-refractivity contribution in [2.24, 2.45) is 5.92 Å². The standard InChI is InChI=1S/C22H30N2O6/c1-14(2)17(24-21(26)30-22(3,4)5)19-23-18(20(25)27-6)16(29-19)13-28-12-15-10-8-7-9-11-15/h7-11,14,17H,12-13H2,1-6H3,(H,24,26)/t17-/m0/s1. The summed E-state index contributed by atoms with van der Waals surface area (Å²) in [6, 6.07) is 9.04. The number of ether oxygens (including phenoxy) is 3. The molecular formula is C22H30N2O6. The molecule has 164 valence electrons. The molecule has 1 aromatic heterocycles. The van der Waals surface area contributed by atoms with Gasteiger partial charge in [-0.25, -0.2) is 14.6 Å². The topological polar surface area (TPSA) is 99.9 Å². The number of alkyl carbamates (subject to hydrolysis) is 1. The summed E-state index contributed by atoms with van der Waals surface area (Å²) >= 11 is 0. The van der Waals surface area contributed by atoms with Crippen LogP contribution < -0.4 is 5.32 Å². The lowest BCUT2D eigenvalue weighted by Crippen LogP contribution is -2.37. The van der Waals surface area contributed by atoms with E-state index in [0.29, 0.717) is 6.61 Å². The first kappa shape index (κ1) is 23.4. The molecule has 2 rings (SSSR count). The highest BCUT2D eigenvalue weighted by molar-refractivity contribution is 5.88. The van der Waals surface area contributed by atoms with E-state index < -0.39 is 23.7 Å². The van der Waals surface area contributed by atoms with E-state index in [9.17, 15) is 9.59 Å². The van der Waals surface area contributed by atoms with Gasteiger partial charge in [0.15, 0.2) is 11.5 Å². The molecule has 0 aliphatic rings. The third-order valence-electron chi connectivity index (χ3n) is 4.04. The quantitative estimate of drug-likeness (QED) is 0.634. The molecule has 1 heterocycles. The first-order valence-corrected chi connectivity index (χ1v) is 9.79. The second-order valence-electron chi connectivity index (χ2n) is 8.16. The molecule has 1 atom stereocenters. The van der Waals surface area contributed by atoms with Crippen molar-refractivity contribution in [3.05, 3.63) is 53.2 Å². The average molecular weight is 418 g/mol. The number of oxazole rings is 1. The van der Waals surface area contributed by atoms with Gasteiger partial charge in [-0.3, -0.25) is 0 Å². The van der Waals surface area contributed by atoms with E-state index in [1.807, 2.05) is 44.2 Å². The maximum Gasteiger partial charge on any atom is 0.408 e. The Morgan fingerprint density at radius 1 is 1.13 bits per heavy atom. The molecule has 1 amide bonds. The van der Waals surface area contributed by atoms with Gasteiger partial charge < -0.3 is 23.9 Å². The van der Waals surface area contributed by atoms with Crippen molar-refractivity contribution in [1.82, 2.24) is 10.3 Å². The number of nitrogens with one attached hydrogen (secondary N) is 1. The zero-order chi connectivity index (χ0) is 22.3. The van der Waals surface area contributed by atoms with Crippen molar-refractivity contribution >= 4 is 12.1 Å². The van der Waals surface area contributed by atoms with Gasteiger partial charge in [0.1, 0.15) is 18.2 Å². The lowest BCUT2D eigenvalue weighted by Gasteiger charge is -2.24. The van der Waals surface area contributed by atoms with Gasteiger partial charge in [0.05, 0.1) is 13.7 Å². The van der Waals surface area contributed by atoms with Crippen molar-refractivity contribution in [3.63, 3.8) is 0 Å². The SMILES string of the molecule is COC(=O)c1nc([C@@H](NC(=O)OC(C)(C)C)C(C)C)oc1COCc1ccccc1. The molecule has 0 unspecified atom stereocenters. The van der Waals surface area contributed by atoms with Gasteiger partial charge in [-0.15, -0.1) is 0 Å². The maximum absolute atomic E-state index is 12.2. The summed E-state index contributed by atoms with van der Waals surface area (Å²) in [5.74, 6) is -0.276. The van der Waals surface area contributed by atoms with Crippen molar-refractivity contribution in [1.29, 1.82) is 0 Å². The monoisotopic (exact) mass is 418 g/mol. The first-order chi connectivity index (χ1) is 14.1. The lowest BCUT2D eigenvalue weighted by molar-refractivity contribution is 0.0474. The fourth-order valence-corrected chi connectivity index (χ4v) is 2.64. The number of esters is 1. The van der Waals surface area contributed by atoms with E-state index in [2.05, 4.69) is 10.3 Å². The van der Waals surface area contributed by atoms with Gasteiger partial charge >= 0.3 is 12.1 Å². The van der Waals surface area contributed by atoms with Gasteiger partial charge in [0.25, 0.3) is 0 Å². The summed E-state index contributed by atoms with van der Waals surface area (Å²) in [6.07, 6.45) is -0.596. The van der Waals surface area contributed by atoms with E-state index >= 15 is 0 Å². The Kier molecular flexibility index (Phi) is 8.00. The predicted octanol–water partition coefficient (Wildman–Crippen LogP) is 4.40. The summed E-state index contributed by atoms with van der Waals surface area (Å²) in [5.41, 5.74) is 0.372. The van der Waals surface area contributed by atoms with E-state index in [0.717, 1.165) is 5.56 Å². The number of hydrogen-bond acceptors (Lipinski definition) is 7. The number of benzene rings is 1. The Morgan fingerprint density at radius 3 is 2.37 bits per heavy atom. The summed E-state index contributed by atoms with van der Waals surface area (Å²) in [5, 5.41) is 2.76. The third kappa shape index (κ3) is 6.88. The zero-order valence-corrected chi connectivity index (χ0v) is 18.4. The number of rotatable bonds is 8. The minimum absolute atomic E-state index is 0.0252. The maximum atomic E-state index is 12.2. The van der Waals surface area contributed by atoms with Crippen molar-refractivity contribution in [3.8, 4) is 0 Å². The molecule has 0 saturated carbocycles. The van der Waals surface area contributed by atoms with Crippen LogP contribution in [0.1, 0.15) is 68.4 Å². The largest absolute Gasteiger partial charge is 0.464 e. The minimum atomic E-state index is -0.643. The number of carbonyl (C=O) groups excluding carboxylic acids is 2. The Hall–Kier alpha value is -2.87. The van der Waals surface area contributed by atoms with E-state index in [4.69, 9.17) is 18.6 Å². The highest BCUT2D eigenvalue weighted by atomic mass is 16.6. The van der Waals surface area contributed by atoms with Gasteiger partial charge in [0.2, 0.25) is 5.89 Å². The van der Waals surface area contributed by atoms with Gasteiger partial charge in [0, 0.05) is 0 Å². The van der Waals surface area contributed by atoms with Gasteiger partial charge in [-0.1, -0.05) is 44.2 Å². The fraction of sp³-hybridized carbons (Fsp3) is 0.500. The number of aromatic nitrogens is 1. The van der Waals surface area contributed by atoms with Crippen LogP contribution in [-0.4, -0.2) is 29.8 Å². The van der Waals surface area contributed by atoms with Crippen LogP contribution in [0.5, 0.6) is 0 Å². The Labute approximate surface area is 176 Å². The van der Waals surface area contributed by atoms with Crippen LogP contribution in [0, 0.1) is 5.92 Å². The molecule has 0 aliphatic heterocycles. The Morgan fingerprint density at radius 2 is 1.80 bits per heavy atom. The van der Waals surface area contributed by atoms with Gasteiger partial charge in [-0.05, 0) is 32.3 Å². The molecule has 1 N–H and O–H groups in total. The van der Waals surface area contributed by atoms with Crippen LogP contribution in [0.4, 0.5) is 4.79 Å². The third-order valence-corrected chi connectivity index (χ3v) is 4.04. The molecule has 0 spiro atoms. The minimum Gasteiger partial charge on any atom is -0.464 e. The zero-order valence-electron chi connectivity index (χ0n) is 18.4. The fourth-order valence-electron chi connectivity index (χ4n) is 2.64. The number of methoxy groups -OCH3 is 1. The van der Waals surface area contributed by atoms with E-state index in [1.54, 1.807) is 20.8 Å². The van der Waals surface area contributed by atoms with Crippen molar-refractivity contribution in [2.45, 2.75) is 59.5 Å². The van der Waals surface area contributed by atoms with Crippen LogP contribution in [0.2, 0.25) is 0 Å². The summed E-state index contributed by atoms with van der Waals surface area (Å²) in [4.78, 5) is 28.7. The normalized spacial score (nSPS) is 12.5. The molecular weight excluding hydrogens is 388 g/mol. The lowest BCUT2D eigenvalue weighted by atomic mass is 10.0. The molecule has 8 heteroatoms. The molecule has 0 bridgehead atoms. The van der Waals surface area contributed by atoms with Crippen molar-refractivity contribution < 1.29 is 28.2 Å². The summed E-state index contributed by atoms with van der Waals surface area (Å²) < 4.78 is 21.6. The number of carbonyl (C=O) groups is 2. The van der Waals surface area contributed by atoms with Crippen LogP contribution in [0.25, 0.3) is 0 Å². The van der Waals surface area contributed by atoms with E-state index in [1.165, 1.54) is 7.11 Å². The Balaban J connectivity index is 2.19. The molecule has 8 nitrogen and oxygen atoms in total. The highest BCUT2D eigenvalue weighted by Crippen LogP contribution is 2.25. The molecule has 0 aliphatic carbocycles. The predicted molar refractivity (Wildman–Crippen MR) is 110 cm³/mol. The van der Waals surface area contributed by atoms with Crippen LogP contribution in [0.3, 0.4) is 0 Å². The Bertz CT molecular complexity index is 839.